The summed E-state index contributed by atoms with van der Waals surface area (Å²) in [5, 5.41) is 6.48. The molecule has 252 valence electrons. The second-order valence-electron chi connectivity index (χ2n) is 13.6. The molecule has 3 heterocycles. The summed E-state index contributed by atoms with van der Waals surface area (Å²) in [5.41, 5.74) is 10.4. The number of rotatable bonds is 5. The Kier molecular flexibility index (Phi) is 6.79. The topological polar surface area (TPSA) is 65.0 Å². The Labute approximate surface area is 309 Å². The first-order chi connectivity index (χ1) is 26.7. The summed E-state index contributed by atoms with van der Waals surface area (Å²) in [7, 11) is 0. The quantitative estimate of drug-likeness (QED) is 0.180. The van der Waals surface area contributed by atoms with Crippen LogP contribution in [0, 0.1) is 0 Å². The van der Waals surface area contributed by atoms with Crippen molar-refractivity contribution in [3.8, 4) is 56.4 Å². The van der Waals surface area contributed by atoms with Crippen LogP contribution in [0.5, 0.6) is 0 Å². The summed E-state index contributed by atoms with van der Waals surface area (Å²) in [4.78, 5) is 15.2. The Hall–Kier alpha value is -7.37. The number of hydrogen-bond donors (Lipinski definition) is 0. The van der Waals surface area contributed by atoms with Crippen LogP contribution in [0.2, 0.25) is 0 Å². The van der Waals surface area contributed by atoms with E-state index in [9.17, 15) is 0 Å². The first-order valence-electron chi connectivity index (χ1n) is 18.0. The molecule has 0 N–H and O–H groups in total. The van der Waals surface area contributed by atoms with E-state index in [0.29, 0.717) is 17.5 Å². The van der Waals surface area contributed by atoms with Crippen LogP contribution in [0.15, 0.2) is 185 Å². The van der Waals surface area contributed by atoms with Crippen LogP contribution in [0.4, 0.5) is 0 Å². The van der Waals surface area contributed by atoms with Crippen LogP contribution in [0.1, 0.15) is 0 Å². The van der Waals surface area contributed by atoms with Crippen LogP contribution in [-0.2, 0) is 0 Å². The molecule has 11 rings (SSSR count). The highest BCUT2D eigenvalue weighted by molar-refractivity contribution is 6.18. The largest absolute Gasteiger partial charge is 0.456 e. The van der Waals surface area contributed by atoms with Crippen LogP contribution in [0.3, 0.4) is 0 Å². The molecule has 0 aliphatic heterocycles. The van der Waals surface area contributed by atoms with Crippen LogP contribution < -0.4 is 0 Å². The molecule has 0 amide bonds. The van der Waals surface area contributed by atoms with Crippen molar-refractivity contribution in [2.45, 2.75) is 0 Å². The Bertz CT molecular complexity index is 3140. The highest BCUT2D eigenvalue weighted by Crippen LogP contribution is 2.44. The van der Waals surface area contributed by atoms with E-state index in [0.717, 1.165) is 93.6 Å². The van der Waals surface area contributed by atoms with Gasteiger partial charge in [-0.25, -0.2) is 15.0 Å². The summed E-state index contributed by atoms with van der Waals surface area (Å²) < 4.78 is 13.1. The molecule has 0 spiro atoms. The molecule has 5 heteroatoms. The molecule has 0 fully saturated rings. The first-order valence-corrected chi connectivity index (χ1v) is 18.0. The third-order valence-corrected chi connectivity index (χ3v) is 10.3. The predicted molar refractivity (Wildman–Crippen MR) is 219 cm³/mol. The van der Waals surface area contributed by atoms with Crippen molar-refractivity contribution in [3.63, 3.8) is 0 Å². The molecule has 0 radical (unpaired) electrons. The van der Waals surface area contributed by atoms with Gasteiger partial charge in [0.1, 0.15) is 22.3 Å². The fraction of sp³-hybridized carbons (Fsp3) is 0. The number of para-hydroxylation sites is 1. The van der Waals surface area contributed by atoms with Gasteiger partial charge in [0.05, 0.1) is 0 Å². The highest BCUT2D eigenvalue weighted by atomic mass is 16.3. The number of fused-ring (bicyclic) bond motifs is 7. The average molecular weight is 692 g/mol. The Morgan fingerprint density at radius 2 is 0.889 bits per heavy atom. The normalized spacial score (nSPS) is 11.7. The molecule has 0 aliphatic rings. The molecular weight excluding hydrogens is 663 g/mol. The van der Waals surface area contributed by atoms with Gasteiger partial charge in [-0.2, -0.15) is 0 Å². The van der Waals surface area contributed by atoms with Gasteiger partial charge in [-0.05, 0) is 63.9 Å². The minimum absolute atomic E-state index is 0.589. The SMILES string of the molecule is c1ccc(-c2nc(-c3ccccc3)nc(-c3ccc(-c4ccc(-c5cccc6oc7ccccc7c56)cc4)c4oc5cc6ccccc6cc5c34)n2)cc1. The molecule has 0 saturated carbocycles. The summed E-state index contributed by atoms with van der Waals surface area (Å²) in [6.07, 6.45) is 0. The molecule has 0 unspecified atom stereocenters. The van der Waals surface area contributed by atoms with Gasteiger partial charge in [0.2, 0.25) is 0 Å². The third kappa shape index (κ3) is 4.90. The zero-order chi connectivity index (χ0) is 35.6. The average Bonchev–Trinajstić information content (AvgIpc) is 3.81. The van der Waals surface area contributed by atoms with Crippen LogP contribution in [0.25, 0.3) is 111 Å². The van der Waals surface area contributed by atoms with E-state index < -0.39 is 0 Å². The van der Waals surface area contributed by atoms with Crippen molar-refractivity contribution < 1.29 is 8.83 Å². The molecule has 11 aromatic rings. The molecule has 0 bridgehead atoms. The van der Waals surface area contributed by atoms with Crippen molar-refractivity contribution >= 4 is 54.6 Å². The maximum Gasteiger partial charge on any atom is 0.164 e. The van der Waals surface area contributed by atoms with Gasteiger partial charge in [-0.15, -0.1) is 0 Å². The van der Waals surface area contributed by atoms with Crippen molar-refractivity contribution in [2.75, 3.05) is 0 Å². The lowest BCUT2D eigenvalue weighted by molar-refractivity contribution is 0.669. The Morgan fingerprint density at radius 1 is 0.315 bits per heavy atom. The van der Waals surface area contributed by atoms with Gasteiger partial charge in [0, 0.05) is 43.8 Å². The molecule has 0 aliphatic carbocycles. The predicted octanol–water partition coefficient (Wildman–Crippen LogP) is 13.2. The van der Waals surface area contributed by atoms with E-state index in [1.807, 2.05) is 78.9 Å². The van der Waals surface area contributed by atoms with Gasteiger partial charge >= 0.3 is 0 Å². The molecule has 54 heavy (non-hydrogen) atoms. The number of nitrogens with zero attached hydrogens (tertiary/aromatic N) is 3. The van der Waals surface area contributed by atoms with Crippen LogP contribution in [-0.4, -0.2) is 15.0 Å². The molecule has 0 atom stereocenters. The summed E-state index contributed by atoms with van der Waals surface area (Å²) >= 11 is 0. The molecule has 3 aromatic heterocycles. The van der Waals surface area contributed by atoms with Gasteiger partial charge in [0.25, 0.3) is 0 Å². The van der Waals surface area contributed by atoms with Gasteiger partial charge in [-0.3, -0.25) is 0 Å². The van der Waals surface area contributed by atoms with E-state index in [2.05, 4.69) is 97.1 Å². The maximum absolute atomic E-state index is 6.86. The summed E-state index contributed by atoms with van der Waals surface area (Å²) in [6.45, 7) is 0. The lowest BCUT2D eigenvalue weighted by Gasteiger charge is -2.11. The van der Waals surface area contributed by atoms with Gasteiger partial charge < -0.3 is 8.83 Å². The number of hydrogen-bond acceptors (Lipinski definition) is 5. The third-order valence-electron chi connectivity index (χ3n) is 10.3. The van der Waals surface area contributed by atoms with Crippen molar-refractivity contribution in [2.24, 2.45) is 0 Å². The highest BCUT2D eigenvalue weighted by Gasteiger charge is 2.22. The number of aromatic nitrogens is 3. The first kappa shape index (κ1) is 30.3. The molecular formula is C49H29N3O2. The second-order valence-corrected chi connectivity index (χ2v) is 13.6. The monoisotopic (exact) mass is 691 g/mol. The van der Waals surface area contributed by atoms with E-state index in [1.165, 1.54) is 0 Å². The van der Waals surface area contributed by atoms with Crippen molar-refractivity contribution in [1.82, 2.24) is 15.0 Å². The maximum atomic E-state index is 6.86. The number of furan rings is 2. The van der Waals surface area contributed by atoms with Crippen molar-refractivity contribution in [3.05, 3.63) is 176 Å². The fourth-order valence-corrected chi connectivity index (χ4v) is 7.75. The van der Waals surface area contributed by atoms with E-state index in [4.69, 9.17) is 23.8 Å². The standard InChI is InChI=1S/C49H29N3O2/c1-3-12-32(13-4-1)47-50-48(33-14-5-2-6-15-33)52-49(51-47)39-27-26-37(46-45(39)40-28-34-16-7-8-17-35(34)29-43(40)54-46)31-24-22-30(23-25-31)36-19-11-21-42-44(36)38-18-9-10-20-41(38)53-42/h1-29H. The van der Waals surface area contributed by atoms with E-state index >= 15 is 0 Å². The number of benzene rings is 8. The summed E-state index contributed by atoms with van der Waals surface area (Å²) in [5.74, 6) is 1.82. The van der Waals surface area contributed by atoms with Gasteiger partial charge in [-0.1, -0.05) is 140 Å². The Morgan fingerprint density at radius 3 is 1.61 bits per heavy atom. The summed E-state index contributed by atoms with van der Waals surface area (Å²) in [6, 6.07) is 60.4. The van der Waals surface area contributed by atoms with Gasteiger partial charge in [0.15, 0.2) is 17.5 Å². The Balaban J connectivity index is 1.13. The minimum atomic E-state index is 0.589. The minimum Gasteiger partial charge on any atom is -0.456 e. The second kappa shape index (κ2) is 12.1. The molecule has 0 saturated heterocycles. The lowest BCUT2D eigenvalue weighted by Crippen LogP contribution is -2.00. The molecule has 8 aromatic carbocycles. The van der Waals surface area contributed by atoms with Crippen LogP contribution >= 0.6 is 0 Å². The van der Waals surface area contributed by atoms with E-state index in [1.54, 1.807) is 0 Å². The lowest BCUT2D eigenvalue weighted by atomic mass is 9.94. The smallest absolute Gasteiger partial charge is 0.164 e. The molecule has 5 nitrogen and oxygen atoms in total. The van der Waals surface area contributed by atoms with Crippen molar-refractivity contribution in [1.29, 1.82) is 0 Å². The zero-order valence-corrected chi connectivity index (χ0v) is 28.9. The fourth-order valence-electron chi connectivity index (χ4n) is 7.75. The zero-order valence-electron chi connectivity index (χ0n) is 28.9. The van der Waals surface area contributed by atoms with E-state index in [-0.39, 0.29) is 0 Å².